The quantitative estimate of drug-likeness (QED) is 0.504. The van der Waals surface area contributed by atoms with Crippen LogP contribution >= 0.6 is 0 Å². The first-order chi connectivity index (χ1) is 6.27. The predicted octanol–water partition coefficient (Wildman–Crippen LogP) is 0.524. The van der Waals surface area contributed by atoms with Gasteiger partial charge in [-0.3, -0.25) is 4.99 Å². The summed E-state index contributed by atoms with van der Waals surface area (Å²) in [7, 11) is 0. The standard InChI is InChI=1S/C9H11N3S/c10-7-2-1-6(5-8(7)13)9-11-3-4-12-9/h1-2,5,13H,3-4,10H2,(H,11,12)/p-1. The SMILES string of the molecule is Nc1ccc(C2=NCCN2)cc1[S-]. The molecule has 1 aromatic carbocycles. The molecule has 1 aliphatic heterocycles. The van der Waals surface area contributed by atoms with Gasteiger partial charge in [0.2, 0.25) is 0 Å². The van der Waals surface area contributed by atoms with Crippen molar-refractivity contribution in [1.82, 2.24) is 5.32 Å². The lowest BCUT2D eigenvalue weighted by Gasteiger charge is -2.12. The van der Waals surface area contributed by atoms with Crippen LogP contribution in [0.5, 0.6) is 0 Å². The van der Waals surface area contributed by atoms with Crippen molar-refractivity contribution >= 4 is 24.2 Å². The number of rotatable bonds is 1. The minimum atomic E-state index is 0.650. The third-order valence-electron chi connectivity index (χ3n) is 1.96. The number of aliphatic imine (C=N–C) groups is 1. The molecule has 0 bridgehead atoms. The molecule has 1 aromatic rings. The maximum Gasteiger partial charge on any atom is 0.128 e. The molecule has 0 unspecified atom stereocenters. The Morgan fingerprint density at radius 3 is 2.92 bits per heavy atom. The van der Waals surface area contributed by atoms with E-state index >= 15 is 0 Å². The summed E-state index contributed by atoms with van der Waals surface area (Å²) in [5.41, 5.74) is 7.30. The van der Waals surface area contributed by atoms with Crippen molar-refractivity contribution in [3.8, 4) is 0 Å². The van der Waals surface area contributed by atoms with Gasteiger partial charge in [0.1, 0.15) is 5.84 Å². The monoisotopic (exact) mass is 192 g/mol. The van der Waals surface area contributed by atoms with Crippen LogP contribution in [0.2, 0.25) is 0 Å². The Bertz CT molecular complexity index is 360. The van der Waals surface area contributed by atoms with Gasteiger partial charge in [0.15, 0.2) is 0 Å². The van der Waals surface area contributed by atoms with E-state index in [1.54, 1.807) is 0 Å². The molecule has 0 aromatic heterocycles. The molecule has 0 radical (unpaired) electrons. The zero-order valence-corrected chi connectivity index (χ0v) is 7.90. The summed E-state index contributed by atoms with van der Waals surface area (Å²) < 4.78 is 0. The topological polar surface area (TPSA) is 50.4 Å². The smallest absolute Gasteiger partial charge is 0.128 e. The Labute approximate surface area is 82.5 Å². The van der Waals surface area contributed by atoms with Gasteiger partial charge in [0.25, 0.3) is 0 Å². The third-order valence-corrected chi connectivity index (χ3v) is 2.31. The second-order valence-corrected chi connectivity index (χ2v) is 3.35. The maximum absolute atomic E-state index is 5.62. The van der Waals surface area contributed by atoms with Crippen LogP contribution in [0.15, 0.2) is 28.1 Å². The lowest BCUT2D eigenvalue weighted by Crippen LogP contribution is -2.19. The fraction of sp³-hybridized carbons (Fsp3) is 0.222. The molecule has 2 rings (SSSR count). The summed E-state index contributed by atoms with van der Waals surface area (Å²) in [4.78, 5) is 4.98. The van der Waals surface area contributed by atoms with Crippen LogP contribution in [0.25, 0.3) is 0 Å². The molecular formula is C9H10N3S-. The van der Waals surface area contributed by atoms with E-state index in [2.05, 4.69) is 10.3 Å². The molecule has 0 amide bonds. The maximum atomic E-state index is 5.62. The van der Waals surface area contributed by atoms with E-state index in [1.165, 1.54) is 0 Å². The van der Waals surface area contributed by atoms with Crippen molar-refractivity contribution in [3.63, 3.8) is 0 Å². The molecule has 0 atom stereocenters. The van der Waals surface area contributed by atoms with Crippen molar-refractivity contribution in [2.75, 3.05) is 18.8 Å². The van der Waals surface area contributed by atoms with Crippen molar-refractivity contribution in [2.24, 2.45) is 4.99 Å². The predicted molar refractivity (Wildman–Crippen MR) is 55.9 cm³/mol. The van der Waals surface area contributed by atoms with E-state index in [0.717, 1.165) is 24.5 Å². The van der Waals surface area contributed by atoms with Crippen LogP contribution in [0, 0.1) is 0 Å². The summed E-state index contributed by atoms with van der Waals surface area (Å²) in [6.45, 7) is 1.75. The number of anilines is 1. The van der Waals surface area contributed by atoms with Crippen LogP contribution in [0.4, 0.5) is 5.69 Å². The van der Waals surface area contributed by atoms with Gasteiger partial charge in [0, 0.05) is 17.8 Å². The molecule has 0 spiro atoms. The van der Waals surface area contributed by atoms with E-state index in [0.29, 0.717) is 10.6 Å². The first-order valence-corrected chi connectivity index (χ1v) is 4.53. The highest BCUT2D eigenvalue weighted by Crippen LogP contribution is 2.14. The zero-order chi connectivity index (χ0) is 9.26. The van der Waals surface area contributed by atoms with Crippen LogP contribution < -0.4 is 11.1 Å². The van der Waals surface area contributed by atoms with Crippen LogP contribution in [-0.2, 0) is 12.6 Å². The second kappa shape index (κ2) is 3.22. The lowest BCUT2D eigenvalue weighted by molar-refractivity contribution is 0.960. The van der Waals surface area contributed by atoms with Gasteiger partial charge in [-0.25, -0.2) is 0 Å². The minimum absolute atomic E-state index is 0.650. The Balaban J connectivity index is 2.36. The zero-order valence-electron chi connectivity index (χ0n) is 7.08. The Morgan fingerprint density at radius 1 is 1.46 bits per heavy atom. The van der Waals surface area contributed by atoms with Gasteiger partial charge in [-0.15, -0.1) is 0 Å². The normalized spacial score (nSPS) is 15.2. The molecule has 3 nitrogen and oxygen atoms in total. The molecule has 0 saturated heterocycles. The number of nitrogens with two attached hydrogens (primary N) is 1. The fourth-order valence-electron chi connectivity index (χ4n) is 1.27. The highest BCUT2D eigenvalue weighted by molar-refractivity contribution is 7.59. The second-order valence-electron chi connectivity index (χ2n) is 2.91. The average molecular weight is 192 g/mol. The van der Waals surface area contributed by atoms with Crippen molar-refractivity contribution in [3.05, 3.63) is 23.8 Å². The number of nitrogens with one attached hydrogen (secondary N) is 1. The van der Waals surface area contributed by atoms with Crippen molar-refractivity contribution in [2.45, 2.75) is 4.90 Å². The van der Waals surface area contributed by atoms with Crippen LogP contribution in [0.3, 0.4) is 0 Å². The molecule has 3 N–H and O–H groups in total. The van der Waals surface area contributed by atoms with Gasteiger partial charge < -0.3 is 23.7 Å². The molecule has 68 valence electrons. The summed E-state index contributed by atoms with van der Waals surface area (Å²) in [5.74, 6) is 0.922. The van der Waals surface area contributed by atoms with Crippen molar-refractivity contribution in [1.29, 1.82) is 0 Å². The number of hydrogen-bond acceptors (Lipinski definition) is 4. The van der Waals surface area contributed by atoms with Gasteiger partial charge in [-0.1, -0.05) is 6.07 Å². The molecule has 13 heavy (non-hydrogen) atoms. The minimum Gasteiger partial charge on any atom is -0.778 e. The summed E-state index contributed by atoms with van der Waals surface area (Å²) >= 11 is 5.07. The van der Waals surface area contributed by atoms with E-state index in [4.69, 9.17) is 18.4 Å². The Kier molecular flexibility index (Phi) is 2.06. The Hall–Kier alpha value is -1.29. The average Bonchev–Trinajstić information content (AvgIpc) is 2.62. The van der Waals surface area contributed by atoms with Gasteiger partial charge in [0.05, 0.1) is 6.54 Å². The van der Waals surface area contributed by atoms with E-state index in [9.17, 15) is 0 Å². The van der Waals surface area contributed by atoms with Crippen LogP contribution in [0.1, 0.15) is 5.56 Å². The first kappa shape index (κ1) is 8.31. The van der Waals surface area contributed by atoms with Gasteiger partial charge >= 0.3 is 0 Å². The number of nitrogen functional groups attached to an aromatic ring is 1. The first-order valence-electron chi connectivity index (χ1n) is 4.12. The van der Waals surface area contributed by atoms with Crippen LogP contribution in [-0.4, -0.2) is 18.9 Å². The van der Waals surface area contributed by atoms with Gasteiger partial charge in [-0.05, 0) is 12.1 Å². The molecule has 0 saturated carbocycles. The van der Waals surface area contributed by atoms with E-state index < -0.39 is 0 Å². The van der Waals surface area contributed by atoms with Gasteiger partial charge in [-0.2, -0.15) is 4.90 Å². The number of nitrogens with zero attached hydrogens (tertiary/aromatic N) is 1. The molecular weight excluding hydrogens is 182 g/mol. The number of amidine groups is 1. The summed E-state index contributed by atoms with van der Waals surface area (Å²) in [5, 5.41) is 3.18. The molecule has 4 heteroatoms. The largest absolute Gasteiger partial charge is 0.778 e. The highest BCUT2D eigenvalue weighted by atomic mass is 32.1. The number of hydrogen-bond donors (Lipinski definition) is 2. The Morgan fingerprint density at radius 2 is 2.31 bits per heavy atom. The summed E-state index contributed by atoms with van der Waals surface area (Å²) in [6.07, 6.45) is 0. The molecule has 1 heterocycles. The molecule has 0 aliphatic carbocycles. The van der Waals surface area contributed by atoms with E-state index in [1.807, 2.05) is 18.2 Å². The van der Waals surface area contributed by atoms with E-state index in [-0.39, 0.29) is 0 Å². The number of benzene rings is 1. The lowest BCUT2D eigenvalue weighted by atomic mass is 10.2. The third kappa shape index (κ3) is 1.58. The van der Waals surface area contributed by atoms with Crippen molar-refractivity contribution < 1.29 is 0 Å². The molecule has 1 aliphatic rings. The summed E-state index contributed by atoms with van der Waals surface area (Å²) in [6, 6.07) is 5.63. The highest BCUT2D eigenvalue weighted by Gasteiger charge is 2.06. The molecule has 0 fully saturated rings. The fourth-order valence-corrected chi connectivity index (χ4v) is 1.47.